The van der Waals surface area contributed by atoms with Crippen molar-refractivity contribution in [1.82, 2.24) is 5.32 Å². The summed E-state index contributed by atoms with van der Waals surface area (Å²) in [6.07, 6.45) is 1.89. The molecule has 0 saturated heterocycles. The van der Waals surface area contributed by atoms with Crippen molar-refractivity contribution in [3.8, 4) is 0 Å². The van der Waals surface area contributed by atoms with E-state index in [2.05, 4.69) is 53.3 Å². The third kappa shape index (κ3) is 4.64. The van der Waals surface area contributed by atoms with Crippen molar-refractivity contribution in [2.75, 3.05) is 6.61 Å². The Balaban J connectivity index is 2.42. The molecule has 0 fully saturated rings. The molecule has 0 aliphatic heterocycles. The number of hydrogen-bond acceptors (Lipinski definition) is 2. The zero-order valence-corrected chi connectivity index (χ0v) is 11.5. The number of rotatable bonds is 6. The van der Waals surface area contributed by atoms with Gasteiger partial charge in [-0.15, -0.1) is 0 Å². The predicted octanol–water partition coefficient (Wildman–Crippen LogP) is 3.01. The molecule has 3 heteroatoms. The maximum atomic E-state index is 8.74. The summed E-state index contributed by atoms with van der Waals surface area (Å²) in [6, 6.07) is 6.80. The van der Waals surface area contributed by atoms with Crippen molar-refractivity contribution in [2.24, 2.45) is 0 Å². The van der Waals surface area contributed by atoms with Gasteiger partial charge in [0.05, 0.1) is 0 Å². The fourth-order valence-corrected chi connectivity index (χ4v) is 2.12. The number of aryl methyl sites for hydroxylation is 1. The third-order valence-corrected chi connectivity index (χ3v) is 3.23. The van der Waals surface area contributed by atoms with E-state index < -0.39 is 0 Å². The molecule has 16 heavy (non-hydrogen) atoms. The highest BCUT2D eigenvalue weighted by Crippen LogP contribution is 2.15. The summed E-state index contributed by atoms with van der Waals surface area (Å²) in [7, 11) is 0. The minimum absolute atomic E-state index is 0.281. The summed E-state index contributed by atoms with van der Waals surface area (Å²) in [6.45, 7) is 5.46. The van der Waals surface area contributed by atoms with Gasteiger partial charge >= 0.3 is 0 Å². The van der Waals surface area contributed by atoms with Gasteiger partial charge in [-0.1, -0.05) is 22.0 Å². The SMILES string of the molecule is Cc1cc(Br)ccc1CN[C@@H](C)CCCO. The highest BCUT2D eigenvalue weighted by atomic mass is 79.9. The average Bonchev–Trinajstić information content (AvgIpc) is 2.25. The zero-order chi connectivity index (χ0) is 12.0. The van der Waals surface area contributed by atoms with Gasteiger partial charge in [-0.25, -0.2) is 0 Å². The fraction of sp³-hybridized carbons (Fsp3) is 0.538. The molecule has 0 spiro atoms. The summed E-state index contributed by atoms with van der Waals surface area (Å²) in [5.74, 6) is 0. The van der Waals surface area contributed by atoms with E-state index in [0.717, 1.165) is 23.9 Å². The van der Waals surface area contributed by atoms with E-state index in [0.29, 0.717) is 6.04 Å². The van der Waals surface area contributed by atoms with Crippen molar-refractivity contribution < 1.29 is 5.11 Å². The Bertz CT molecular complexity index is 328. The normalized spacial score (nSPS) is 12.8. The van der Waals surface area contributed by atoms with Crippen molar-refractivity contribution in [3.05, 3.63) is 33.8 Å². The van der Waals surface area contributed by atoms with Crippen LogP contribution in [-0.4, -0.2) is 17.8 Å². The van der Waals surface area contributed by atoms with Gasteiger partial charge in [0.25, 0.3) is 0 Å². The van der Waals surface area contributed by atoms with Crippen LogP contribution in [0.3, 0.4) is 0 Å². The Kier molecular flexibility index (Phi) is 6.03. The second kappa shape index (κ2) is 7.05. The van der Waals surface area contributed by atoms with Gasteiger partial charge in [0.2, 0.25) is 0 Å². The molecule has 1 atom stereocenters. The Labute approximate surface area is 106 Å². The quantitative estimate of drug-likeness (QED) is 0.842. The number of aliphatic hydroxyl groups is 1. The van der Waals surface area contributed by atoms with E-state index in [-0.39, 0.29) is 6.61 Å². The Morgan fingerprint density at radius 3 is 2.81 bits per heavy atom. The summed E-state index contributed by atoms with van der Waals surface area (Å²) >= 11 is 3.46. The molecule has 0 aliphatic rings. The van der Waals surface area contributed by atoms with E-state index in [1.54, 1.807) is 0 Å². The molecule has 1 aromatic rings. The van der Waals surface area contributed by atoms with E-state index in [1.165, 1.54) is 11.1 Å². The van der Waals surface area contributed by atoms with Crippen LogP contribution in [0.25, 0.3) is 0 Å². The van der Waals surface area contributed by atoms with Gasteiger partial charge in [0.15, 0.2) is 0 Å². The molecule has 2 nitrogen and oxygen atoms in total. The standard InChI is InChI=1S/C13H20BrNO/c1-10-8-13(14)6-5-12(10)9-15-11(2)4-3-7-16/h5-6,8,11,15-16H,3-4,7,9H2,1-2H3/t11-/m0/s1. The minimum atomic E-state index is 0.281. The van der Waals surface area contributed by atoms with Crippen molar-refractivity contribution in [1.29, 1.82) is 0 Å². The topological polar surface area (TPSA) is 32.3 Å². The second-order valence-corrected chi connectivity index (χ2v) is 5.13. The summed E-state index contributed by atoms with van der Waals surface area (Å²) in [5, 5.41) is 12.2. The summed E-state index contributed by atoms with van der Waals surface area (Å²) in [5.41, 5.74) is 2.63. The first-order valence-electron chi connectivity index (χ1n) is 5.72. The van der Waals surface area contributed by atoms with Crippen molar-refractivity contribution >= 4 is 15.9 Å². The van der Waals surface area contributed by atoms with Crippen LogP contribution in [0, 0.1) is 6.92 Å². The first kappa shape index (κ1) is 13.7. The maximum absolute atomic E-state index is 8.74. The van der Waals surface area contributed by atoms with Crippen molar-refractivity contribution in [3.63, 3.8) is 0 Å². The number of aliphatic hydroxyl groups excluding tert-OH is 1. The molecule has 0 heterocycles. The van der Waals surface area contributed by atoms with Crippen LogP contribution in [0.15, 0.2) is 22.7 Å². The van der Waals surface area contributed by atoms with Crippen LogP contribution < -0.4 is 5.32 Å². The Hall–Kier alpha value is -0.380. The van der Waals surface area contributed by atoms with Gasteiger partial charge < -0.3 is 10.4 Å². The second-order valence-electron chi connectivity index (χ2n) is 4.22. The Morgan fingerprint density at radius 1 is 1.44 bits per heavy atom. The number of hydrogen-bond donors (Lipinski definition) is 2. The smallest absolute Gasteiger partial charge is 0.0431 e. The van der Waals surface area contributed by atoms with Crippen LogP contribution in [0.4, 0.5) is 0 Å². The molecule has 1 aromatic carbocycles. The van der Waals surface area contributed by atoms with E-state index in [4.69, 9.17) is 5.11 Å². The van der Waals surface area contributed by atoms with Gasteiger partial charge in [0, 0.05) is 23.7 Å². The van der Waals surface area contributed by atoms with E-state index in [9.17, 15) is 0 Å². The van der Waals surface area contributed by atoms with Crippen LogP contribution in [0.5, 0.6) is 0 Å². The van der Waals surface area contributed by atoms with E-state index >= 15 is 0 Å². The summed E-state index contributed by atoms with van der Waals surface area (Å²) in [4.78, 5) is 0. The molecular formula is C13H20BrNO. The molecule has 0 unspecified atom stereocenters. The largest absolute Gasteiger partial charge is 0.396 e. The van der Waals surface area contributed by atoms with Gasteiger partial charge in [-0.2, -0.15) is 0 Å². The molecule has 0 saturated carbocycles. The molecule has 90 valence electrons. The zero-order valence-electron chi connectivity index (χ0n) is 9.96. The molecule has 0 aliphatic carbocycles. The monoisotopic (exact) mass is 285 g/mol. The highest BCUT2D eigenvalue weighted by Gasteiger charge is 2.03. The molecule has 0 radical (unpaired) electrons. The van der Waals surface area contributed by atoms with Gasteiger partial charge in [0.1, 0.15) is 0 Å². The predicted molar refractivity (Wildman–Crippen MR) is 71.5 cm³/mol. The van der Waals surface area contributed by atoms with Crippen LogP contribution in [0.1, 0.15) is 30.9 Å². The maximum Gasteiger partial charge on any atom is 0.0431 e. The molecule has 0 bridgehead atoms. The molecule has 0 aromatic heterocycles. The number of nitrogens with one attached hydrogen (secondary N) is 1. The van der Waals surface area contributed by atoms with Crippen molar-refractivity contribution in [2.45, 2.75) is 39.3 Å². The lowest BCUT2D eigenvalue weighted by Gasteiger charge is -2.14. The fourth-order valence-electron chi connectivity index (χ4n) is 1.64. The Morgan fingerprint density at radius 2 is 2.19 bits per heavy atom. The van der Waals surface area contributed by atoms with Crippen LogP contribution >= 0.6 is 15.9 Å². The molecule has 2 N–H and O–H groups in total. The lowest BCUT2D eigenvalue weighted by Crippen LogP contribution is -2.25. The average molecular weight is 286 g/mol. The molecular weight excluding hydrogens is 266 g/mol. The molecule has 0 amide bonds. The lowest BCUT2D eigenvalue weighted by atomic mass is 10.1. The van der Waals surface area contributed by atoms with Gasteiger partial charge in [-0.05, 0) is 49.9 Å². The number of halogens is 1. The highest BCUT2D eigenvalue weighted by molar-refractivity contribution is 9.10. The van der Waals surface area contributed by atoms with Crippen LogP contribution in [-0.2, 0) is 6.54 Å². The van der Waals surface area contributed by atoms with Gasteiger partial charge in [-0.3, -0.25) is 0 Å². The molecule has 1 rings (SSSR count). The third-order valence-electron chi connectivity index (χ3n) is 2.74. The minimum Gasteiger partial charge on any atom is -0.396 e. The van der Waals surface area contributed by atoms with E-state index in [1.807, 2.05) is 0 Å². The first-order chi connectivity index (χ1) is 7.63. The summed E-state index contributed by atoms with van der Waals surface area (Å²) < 4.78 is 1.13. The lowest BCUT2D eigenvalue weighted by molar-refractivity contribution is 0.276. The number of benzene rings is 1. The van der Waals surface area contributed by atoms with Crippen LogP contribution in [0.2, 0.25) is 0 Å². The first-order valence-corrected chi connectivity index (χ1v) is 6.52.